The third kappa shape index (κ3) is 17.2. The molecule has 51 heavy (non-hydrogen) atoms. The molecule has 0 rings (SSSR count). The summed E-state index contributed by atoms with van der Waals surface area (Å²) in [5.41, 5.74) is 28.3. The first-order chi connectivity index (χ1) is 23.8. The third-order valence-electron chi connectivity index (χ3n) is 7.71. The summed E-state index contributed by atoms with van der Waals surface area (Å²) in [6.45, 7) is 8.19. The summed E-state index contributed by atoms with van der Waals surface area (Å²) in [6.07, 6.45) is -1.21. The summed E-state index contributed by atoms with van der Waals surface area (Å²) in [6, 6.07) is -8.62. The molecule has 18 N–H and O–H groups in total. The predicted octanol–water partition coefficient (Wildman–Crippen LogP) is -5.21. The lowest BCUT2D eigenvalue weighted by molar-refractivity contribution is -0.145. The van der Waals surface area contributed by atoms with E-state index in [1.807, 2.05) is 13.8 Å². The Balaban J connectivity index is 5.99. The summed E-state index contributed by atoms with van der Waals surface area (Å²) < 4.78 is 0. The van der Waals surface area contributed by atoms with Gasteiger partial charge in [0.25, 0.3) is 0 Å². The van der Waals surface area contributed by atoms with Gasteiger partial charge in [0.05, 0.1) is 12.1 Å². The molecule has 6 amide bonds. The van der Waals surface area contributed by atoms with Gasteiger partial charge in [-0.15, -0.1) is 0 Å². The highest BCUT2D eigenvalue weighted by atomic mass is 16.4. The molecule has 0 heterocycles. The quantitative estimate of drug-likeness (QED) is 0.0417. The second-order valence-corrected chi connectivity index (χ2v) is 13.1. The molecule has 8 atom stereocenters. The van der Waals surface area contributed by atoms with Crippen LogP contribution in [0.4, 0.5) is 0 Å². The fraction of sp³-hybridized carbons (Fsp3) is 0.774. The van der Waals surface area contributed by atoms with Gasteiger partial charge in [0, 0.05) is 0 Å². The first-order valence-corrected chi connectivity index (χ1v) is 17.1. The highest BCUT2D eigenvalue weighted by molar-refractivity contribution is 5.97. The number of nitrogens with one attached hydrogen (secondary N) is 6. The number of carbonyl (C=O) groups excluding carboxylic acids is 6. The Kier molecular flexibility index (Phi) is 22.4. The van der Waals surface area contributed by atoms with E-state index in [4.69, 9.17) is 28.7 Å². The molecule has 0 aromatic rings. The van der Waals surface area contributed by atoms with Crippen molar-refractivity contribution >= 4 is 41.4 Å². The molecule has 20 heteroatoms. The highest BCUT2D eigenvalue weighted by Gasteiger charge is 2.35. The van der Waals surface area contributed by atoms with Crippen molar-refractivity contribution in [1.29, 1.82) is 0 Å². The second kappa shape index (κ2) is 24.3. The van der Waals surface area contributed by atoms with Crippen molar-refractivity contribution in [3.63, 3.8) is 0 Å². The Bertz CT molecular complexity index is 1160. The van der Waals surface area contributed by atoms with Gasteiger partial charge in [-0.2, -0.15) is 0 Å². The van der Waals surface area contributed by atoms with Crippen LogP contribution in [-0.2, 0) is 33.6 Å². The Morgan fingerprint density at radius 1 is 0.510 bits per heavy atom. The van der Waals surface area contributed by atoms with Gasteiger partial charge in [-0.1, -0.05) is 27.7 Å². The zero-order chi connectivity index (χ0) is 39.4. The summed E-state index contributed by atoms with van der Waals surface area (Å²) in [5.74, 6) is -6.59. The van der Waals surface area contributed by atoms with E-state index in [1.165, 1.54) is 6.92 Å². The van der Waals surface area contributed by atoms with Crippen LogP contribution in [0.2, 0.25) is 0 Å². The largest absolute Gasteiger partial charge is 0.480 e. The van der Waals surface area contributed by atoms with Crippen LogP contribution in [0, 0.1) is 11.8 Å². The molecule has 20 nitrogen and oxygen atoms in total. The lowest BCUT2D eigenvalue weighted by atomic mass is 9.99. The lowest BCUT2D eigenvalue weighted by Gasteiger charge is -2.29. The number of amides is 6. The maximum absolute atomic E-state index is 13.6. The molecule has 0 aliphatic rings. The summed E-state index contributed by atoms with van der Waals surface area (Å²) in [5, 5.41) is 34.0. The van der Waals surface area contributed by atoms with Crippen LogP contribution in [-0.4, -0.2) is 126 Å². The average Bonchev–Trinajstić information content (AvgIpc) is 3.03. The van der Waals surface area contributed by atoms with Gasteiger partial charge >= 0.3 is 5.97 Å². The van der Waals surface area contributed by atoms with Crippen molar-refractivity contribution in [2.75, 3.05) is 26.2 Å². The molecule has 0 aromatic heterocycles. The van der Waals surface area contributed by atoms with E-state index in [9.17, 15) is 43.8 Å². The van der Waals surface area contributed by atoms with Crippen molar-refractivity contribution in [1.82, 2.24) is 31.9 Å². The Labute approximate surface area is 298 Å². The predicted molar refractivity (Wildman–Crippen MR) is 188 cm³/mol. The van der Waals surface area contributed by atoms with E-state index in [0.717, 1.165) is 0 Å². The van der Waals surface area contributed by atoms with Crippen LogP contribution < -0.4 is 60.6 Å². The number of carbonyl (C=O) groups is 7. The summed E-state index contributed by atoms with van der Waals surface area (Å²) >= 11 is 0. The molecule has 0 saturated heterocycles. The van der Waals surface area contributed by atoms with E-state index in [2.05, 4.69) is 31.9 Å². The number of carboxylic acid groups (broad SMARTS) is 1. The van der Waals surface area contributed by atoms with E-state index >= 15 is 0 Å². The number of carboxylic acids is 1. The van der Waals surface area contributed by atoms with Gasteiger partial charge in [-0.05, 0) is 77.0 Å². The number of aliphatic hydroxyl groups is 1. The topological polar surface area (TPSA) is 362 Å². The van der Waals surface area contributed by atoms with Crippen molar-refractivity contribution in [3.8, 4) is 0 Å². The van der Waals surface area contributed by atoms with Gasteiger partial charge in [0.1, 0.15) is 30.2 Å². The second-order valence-electron chi connectivity index (χ2n) is 13.1. The normalized spacial score (nSPS) is 16.0. The molecule has 0 aromatic carbocycles. The van der Waals surface area contributed by atoms with Crippen LogP contribution in [0.15, 0.2) is 0 Å². The molecule has 0 unspecified atom stereocenters. The molecular formula is C31H61N11O9. The number of aliphatic hydroxyl groups excluding tert-OH is 1. The standard InChI is InChI=1S/C31H61N11O9/c1-15(2)14-22(40-27(46)19(7-11-33)37-25(44)18(36)6-10-32)29(48)41-23(16(3)4)30(49)39-20(8-12-34)26(45)38-21(9-13-35)28(47)42-24(17(5)43)31(50)51/h15-24,43H,6-14,32-36H2,1-5H3,(H,37,44)(H,38,45)(H,39,49)(H,40,46)(H,41,48)(H,42,47)(H,50,51)/t17-,18+,19+,20+,21+,22-,23+,24+/m1/s1. The zero-order valence-corrected chi connectivity index (χ0v) is 30.3. The van der Waals surface area contributed by atoms with Gasteiger partial charge in [0.2, 0.25) is 35.4 Å². The number of rotatable bonds is 25. The fourth-order valence-electron chi connectivity index (χ4n) is 4.84. The summed E-state index contributed by atoms with van der Waals surface area (Å²) in [7, 11) is 0. The van der Waals surface area contributed by atoms with E-state index in [1.54, 1.807) is 13.8 Å². The molecule has 0 spiro atoms. The SMILES string of the molecule is CC(C)C[C@@H](NC(=O)[C@H](CCN)NC(=O)[C@@H](N)CCN)C(=O)N[C@H](C(=O)N[C@@H](CCN)C(=O)N[C@@H](CCN)C(=O)N[C@H](C(=O)O)[C@@H](C)O)C(C)C. The van der Waals surface area contributed by atoms with Crippen molar-refractivity contribution < 1.29 is 43.8 Å². The Hall–Kier alpha value is -3.95. The first kappa shape index (κ1) is 47.0. The highest BCUT2D eigenvalue weighted by Crippen LogP contribution is 2.10. The molecule has 0 aliphatic heterocycles. The number of hydrogen-bond donors (Lipinski definition) is 13. The van der Waals surface area contributed by atoms with Crippen LogP contribution >= 0.6 is 0 Å². The number of aliphatic carboxylic acids is 1. The van der Waals surface area contributed by atoms with Gasteiger partial charge in [-0.3, -0.25) is 28.8 Å². The van der Waals surface area contributed by atoms with Crippen molar-refractivity contribution in [2.24, 2.45) is 40.5 Å². The van der Waals surface area contributed by atoms with Crippen LogP contribution in [0.3, 0.4) is 0 Å². The van der Waals surface area contributed by atoms with Crippen molar-refractivity contribution in [3.05, 3.63) is 0 Å². The molecule has 294 valence electrons. The maximum atomic E-state index is 13.6. The van der Waals surface area contributed by atoms with Crippen LogP contribution in [0.1, 0.15) is 66.7 Å². The molecule has 0 saturated carbocycles. The monoisotopic (exact) mass is 731 g/mol. The lowest BCUT2D eigenvalue weighted by Crippen LogP contribution is -2.61. The molecule has 0 aliphatic carbocycles. The number of hydrogen-bond acceptors (Lipinski definition) is 13. The molecule has 0 fully saturated rings. The van der Waals surface area contributed by atoms with E-state index in [-0.39, 0.29) is 64.2 Å². The first-order valence-electron chi connectivity index (χ1n) is 17.1. The Morgan fingerprint density at radius 2 is 0.863 bits per heavy atom. The van der Waals surface area contributed by atoms with Gasteiger partial charge < -0.3 is 70.8 Å². The summed E-state index contributed by atoms with van der Waals surface area (Å²) in [4.78, 5) is 90.4. The van der Waals surface area contributed by atoms with E-state index in [0.29, 0.717) is 0 Å². The molecular weight excluding hydrogens is 670 g/mol. The van der Waals surface area contributed by atoms with Crippen LogP contribution in [0.25, 0.3) is 0 Å². The minimum absolute atomic E-state index is 0.0427. The van der Waals surface area contributed by atoms with Gasteiger partial charge in [0.15, 0.2) is 6.04 Å². The smallest absolute Gasteiger partial charge is 0.328 e. The molecule has 0 radical (unpaired) electrons. The average molecular weight is 732 g/mol. The minimum atomic E-state index is -1.65. The zero-order valence-electron chi connectivity index (χ0n) is 30.3. The minimum Gasteiger partial charge on any atom is -0.480 e. The van der Waals surface area contributed by atoms with E-state index < -0.39 is 95.7 Å². The third-order valence-corrected chi connectivity index (χ3v) is 7.71. The van der Waals surface area contributed by atoms with Crippen LogP contribution in [0.5, 0.6) is 0 Å². The Morgan fingerprint density at radius 3 is 1.24 bits per heavy atom. The fourth-order valence-corrected chi connectivity index (χ4v) is 4.84. The molecule has 0 bridgehead atoms. The van der Waals surface area contributed by atoms with Gasteiger partial charge in [-0.25, -0.2) is 4.79 Å². The maximum Gasteiger partial charge on any atom is 0.328 e. The van der Waals surface area contributed by atoms with Crippen molar-refractivity contribution in [2.45, 2.75) is 115 Å². The number of nitrogens with two attached hydrogens (primary N) is 5.